The third kappa shape index (κ3) is 3.27. The van der Waals surface area contributed by atoms with Crippen molar-refractivity contribution in [1.29, 1.82) is 0 Å². The van der Waals surface area contributed by atoms with Gasteiger partial charge in [0, 0.05) is 16.1 Å². The minimum absolute atomic E-state index is 0.290. The van der Waals surface area contributed by atoms with Crippen LogP contribution in [0.25, 0.3) is 0 Å². The molecule has 1 unspecified atom stereocenters. The summed E-state index contributed by atoms with van der Waals surface area (Å²) in [6.07, 6.45) is 0.475. The summed E-state index contributed by atoms with van der Waals surface area (Å²) in [5.41, 5.74) is 8.67. The highest BCUT2D eigenvalue weighted by atomic mass is 35.5. The van der Waals surface area contributed by atoms with Crippen LogP contribution < -0.4 is 5.73 Å². The second-order valence-electron chi connectivity index (χ2n) is 4.51. The molecule has 0 radical (unpaired) electrons. The molecule has 2 aromatic rings. The van der Waals surface area contributed by atoms with Crippen LogP contribution in [0, 0.1) is 12.7 Å². The Kier molecular flexibility index (Phi) is 4.46. The summed E-state index contributed by atoms with van der Waals surface area (Å²) in [6.45, 7) is 1.91. The van der Waals surface area contributed by atoms with Crippen LogP contribution in [-0.4, -0.2) is 0 Å². The van der Waals surface area contributed by atoms with Crippen LogP contribution >= 0.6 is 23.2 Å². The van der Waals surface area contributed by atoms with Gasteiger partial charge in [0.15, 0.2) is 0 Å². The summed E-state index contributed by atoms with van der Waals surface area (Å²) in [4.78, 5) is 0. The smallest absolute Gasteiger partial charge is 0.123 e. The average molecular weight is 298 g/mol. The molecule has 0 aromatic heterocycles. The topological polar surface area (TPSA) is 26.0 Å². The van der Waals surface area contributed by atoms with Crippen molar-refractivity contribution in [2.75, 3.05) is 0 Å². The van der Waals surface area contributed by atoms with E-state index in [1.54, 1.807) is 24.3 Å². The van der Waals surface area contributed by atoms with E-state index >= 15 is 0 Å². The molecule has 0 spiro atoms. The molecule has 0 aliphatic carbocycles. The first kappa shape index (κ1) is 14.3. The number of halogens is 3. The molecule has 0 aliphatic rings. The zero-order chi connectivity index (χ0) is 14.0. The van der Waals surface area contributed by atoms with Crippen molar-refractivity contribution in [1.82, 2.24) is 0 Å². The number of rotatable bonds is 3. The quantitative estimate of drug-likeness (QED) is 0.874. The Balaban J connectivity index is 2.31. The molecule has 0 amide bonds. The van der Waals surface area contributed by atoms with E-state index in [9.17, 15) is 4.39 Å². The molecule has 19 heavy (non-hydrogen) atoms. The first-order chi connectivity index (χ1) is 8.99. The van der Waals surface area contributed by atoms with Gasteiger partial charge in [-0.2, -0.15) is 0 Å². The van der Waals surface area contributed by atoms with Gasteiger partial charge in [-0.05, 0) is 54.3 Å². The monoisotopic (exact) mass is 297 g/mol. The molecule has 1 nitrogen and oxygen atoms in total. The summed E-state index contributed by atoms with van der Waals surface area (Å²) >= 11 is 12.2. The zero-order valence-electron chi connectivity index (χ0n) is 10.5. The number of hydrogen-bond donors (Lipinski definition) is 1. The van der Waals surface area contributed by atoms with Gasteiger partial charge < -0.3 is 5.73 Å². The van der Waals surface area contributed by atoms with Crippen LogP contribution in [0.3, 0.4) is 0 Å². The van der Waals surface area contributed by atoms with Crippen molar-refractivity contribution in [3.8, 4) is 0 Å². The molecule has 0 bridgehead atoms. The SMILES string of the molecule is Cc1ccc(F)cc1C(N)Cc1c(Cl)cccc1Cl. The molecule has 0 saturated carbocycles. The normalized spacial score (nSPS) is 12.5. The van der Waals surface area contributed by atoms with E-state index in [4.69, 9.17) is 28.9 Å². The predicted molar refractivity (Wildman–Crippen MR) is 78.2 cm³/mol. The number of hydrogen-bond acceptors (Lipinski definition) is 1. The van der Waals surface area contributed by atoms with E-state index in [2.05, 4.69) is 0 Å². The summed E-state index contributed by atoms with van der Waals surface area (Å²) in [6, 6.07) is 9.60. The molecule has 0 saturated heterocycles. The van der Waals surface area contributed by atoms with Gasteiger partial charge in [-0.15, -0.1) is 0 Å². The van der Waals surface area contributed by atoms with Crippen LogP contribution in [0.5, 0.6) is 0 Å². The maximum absolute atomic E-state index is 13.3. The lowest BCUT2D eigenvalue weighted by Crippen LogP contribution is -2.15. The van der Waals surface area contributed by atoms with Crippen LogP contribution in [0.4, 0.5) is 4.39 Å². The van der Waals surface area contributed by atoms with E-state index in [-0.39, 0.29) is 11.9 Å². The molecule has 100 valence electrons. The zero-order valence-corrected chi connectivity index (χ0v) is 12.0. The Morgan fingerprint density at radius 3 is 2.42 bits per heavy atom. The van der Waals surface area contributed by atoms with Crippen molar-refractivity contribution in [2.24, 2.45) is 5.73 Å². The van der Waals surface area contributed by atoms with Gasteiger partial charge in [-0.3, -0.25) is 0 Å². The lowest BCUT2D eigenvalue weighted by atomic mass is 9.96. The Labute approximate surface area is 122 Å². The largest absolute Gasteiger partial charge is 0.324 e. The Morgan fingerprint density at radius 2 is 1.79 bits per heavy atom. The molecule has 2 N–H and O–H groups in total. The Bertz CT molecular complexity index is 578. The lowest BCUT2D eigenvalue weighted by molar-refractivity contribution is 0.617. The molecule has 2 rings (SSSR count). The molecule has 0 fully saturated rings. The summed E-state index contributed by atoms with van der Waals surface area (Å²) in [5.74, 6) is -0.290. The van der Waals surface area contributed by atoms with E-state index in [1.165, 1.54) is 12.1 Å². The minimum atomic E-state index is -0.340. The first-order valence-electron chi connectivity index (χ1n) is 5.93. The Morgan fingerprint density at radius 1 is 1.16 bits per heavy atom. The number of benzene rings is 2. The lowest BCUT2D eigenvalue weighted by Gasteiger charge is -2.16. The second kappa shape index (κ2) is 5.91. The van der Waals surface area contributed by atoms with Gasteiger partial charge in [-0.25, -0.2) is 4.39 Å². The van der Waals surface area contributed by atoms with E-state index in [0.29, 0.717) is 16.5 Å². The van der Waals surface area contributed by atoms with Crippen LogP contribution in [0.2, 0.25) is 10.0 Å². The molecular weight excluding hydrogens is 284 g/mol. The van der Waals surface area contributed by atoms with Crippen molar-refractivity contribution >= 4 is 23.2 Å². The fourth-order valence-corrected chi connectivity index (χ4v) is 2.62. The van der Waals surface area contributed by atoms with E-state index in [0.717, 1.165) is 16.7 Å². The maximum atomic E-state index is 13.3. The fourth-order valence-electron chi connectivity index (χ4n) is 2.07. The molecular formula is C15H14Cl2FN. The highest BCUT2D eigenvalue weighted by Gasteiger charge is 2.14. The van der Waals surface area contributed by atoms with Crippen LogP contribution in [0.1, 0.15) is 22.7 Å². The van der Waals surface area contributed by atoms with E-state index < -0.39 is 0 Å². The number of aryl methyl sites for hydroxylation is 1. The molecule has 1 atom stereocenters. The van der Waals surface area contributed by atoms with Crippen molar-refractivity contribution < 1.29 is 4.39 Å². The second-order valence-corrected chi connectivity index (χ2v) is 5.33. The first-order valence-corrected chi connectivity index (χ1v) is 6.69. The van der Waals surface area contributed by atoms with Crippen LogP contribution in [0.15, 0.2) is 36.4 Å². The summed E-state index contributed by atoms with van der Waals surface area (Å²) < 4.78 is 13.3. The third-order valence-corrected chi connectivity index (χ3v) is 3.83. The highest BCUT2D eigenvalue weighted by molar-refractivity contribution is 6.36. The number of nitrogens with two attached hydrogens (primary N) is 1. The highest BCUT2D eigenvalue weighted by Crippen LogP contribution is 2.29. The Hall–Kier alpha value is -1.09. The fraction of sp³-hybridized carbons (Fsp3) is 0.200. The van der Waals surface area contributed by atoms with Gasteiger partial charge in [0.1, 0.15) is 5.82 Å². The maximum Gasteiger partial charge on any atom is 0.123 e. The summed E-state index contributed by atoms with van der Waals surface area (Å²) in [5, 5.41) is 1.16. The van der Waals surface area contributed by atoms with Gasteiger partial charge in [0.2, 0.25) is 0 Å². The van der Waals surface area contributed by atoms with Gasteiger partial charge in [0.25, 0.3) is 0 Å². The van der Waals surface area contributed by atoms with Crippen molar-refractivity contribution in [2.45, 2.75) is 19.4 Å². The van der Waals surface area contributed by atoms with Crippen molar-refractivity contribution in [3.63, 3.8) is 0 Å². The van der Waals surface area contributed by atoms with Gasteiger partial charge >= 0.3 is 0 Å². The van der Waals surface area contributed by atoms with Crippen LogP contribution in [-0.2, 0) is 6.42 Å². The molecule has 0 heterocycles. The molecule has 0 aliphatic heterocycles. The third-order valence-electron chi connectivity index (χ3n) is 3.13. The summed E-state index contributed by atoms with van der Waals surface area (Å²) in [7, 11) is 0. The standard InChI is InChI=1S/C15H14Cl2FN/c1-9-5-6-10(18)7-11(9)15(19)8-12-13(16)3-2-4-14(12)17/h2-7,15H,8,19H2,1H3. The molecule has 4 heteroatoms. The van der Waals surface area contributed by atoms with Gasteiger partial charge in [0.05, 0.1) is 0 Å². The molecule has 2 aromatic carbocycles. The average Bonchev–Trinajstić information content (AvgIpc) is 2.37. The van der Waals surface area contributed by atoms with Gasteiger partial charge in [-0.1, -0.05) is 35.3 Å². The van der Waals surface area contributed by atoms with E-state index in [1.807, 2.05) is 6.92 Å². The van der Waals surface area contributed by atoms with Crippen molar-refractivity contribution in [3.05, 3.63) is 69.0 Å². The predicted octanol–water partition coefficient (Wildman–Crippen LogP) is 4.68. The minimum Gasteiger partial charge on any atom is -0.324 e.